The summed E-state index contributed by atoms with van der Waals surface area (Å²) in [7, 11) is 0. The SMILES string of the molecule is Clc1ccc2c(Oc3ccc(CNc4nc5ccc(NC6COC6)cc5[nH]4)cc3)ccnc2c1. The number of pyridine rings is 1. The fourth-order valence-electron chi connectivity index (χ4n) is 3.91. The van der Waals surface area contributed by atoms with Gasteiger partial charge in [-0.2, -0.15) is 0 Å². The predicted molar refractivity (Wildman–Crippen MR) is 135 cm³/mol. The zero-order valence-corrected chi connectivity index (χ0v) is 19.0. The summed E-state index contributed by atoms with van der Waals surface area (Å²) >= 11 is 6.08. The Morgan fingerprint density at radius 2 is 1.88 bits per heavy atom. The summed E-state index contributed by atoms with van der Waals surface area (Å²) < 4.78 is 11.3. The molecule has 3 aromatic carbocycles. The second kappa shape index (κ2) is 8.85. The molecule has 0 amide bonds. The highest BCUT2D eigenvalue weighted by Crippen LogP contribution is 2.30. The molecule has 1 aliphatic rings. The van der Waals surface area contributed by atoms with Crippen LogP contribution in [-0.2, 0) is 11.3 Å². The fourth-order valence-corrected chi connectivity index (χ4v) is 4.08. The number of rotatable bonds is 7. The molecule has 2 aromatic heterocycles. The number of aromatic nitrogens is 3. The Labute approximate surface area is 201 Å². The number of benzene rings is 3. The molecule has 5 aromatic rings. The third-order valence-corrected chi connectivity index (χ3v) is 6.00. The first-order chi connectivity index (χ1) is 16.7. The van der Waals surface area contributed by atoms with Gasteiger partial charge in [-0.25, -0.2) is 4.98 Å². The molecule has 0 aliphatic carbocycles. The smallest absolute Gasteiger partial charge is 0.201 e. The van der Waals surface area contributed by atoms with Crippen molar-refractivity contribution in [2.75, 3.05) is 23.8 Å². The van der Waals surface area contributed by atoms with Gasteiger partial charge < -0.3 is 25.1 Å². The van der Waals surface area contributed by atoms with Crippen LogP contribution in [0.1, 0.15) is 5.56 Å². The van der Waals surface area contributed by atoms with Crippen molar-refractivity contribution in [1.82, 2.24) is 15.0 Å². The van der Waals surface area contributed by atoms with E-state index in [4.69, 9.17) is 21.1 Å². The average Bonchev–Trinajstić information content (AvgIpc) is 3.23. The second-order valence-corrected chi connectivity index (χ2v) is 8.70. The maximum atomic E-state index is 6.10. The van der Waals surface area contributed by atoms with Gasteiger partial charge in [0.1, 0.15) is 11.5 Å². The van der Waals surface area contributed by atoms with Crippen molar-refractivity contribution in [3.05, 3.63) is 83.5 Å². The monoisotopic (exact) mass is 471 g/mol. The molecule has 0 spiro atoms. The standard InChI is InChI=1S/C26H22ClN5O2/c27-17-3-7-21-23(11-17)28-10-9-25(21)34-20-5-1-16(2-6-20)13-29-26-31-22-8-4-18(12-24(22)32-26)30-19-14-33-15-19/h1-12,19,30H,13-15H2,(H2,29,31,32). The van der Waals surface area contributed by atoms with Crippen LogP contribution in [0.25, 0.3) is 21.9 Å². The van der Waals surface area contributed by atoms with Gasteiger partial charge >= 0.3 is 0 Å². The summed E-state index contributed by atoms with van der Waals surface area (Å²) in [5.74, 6) is 2.24. The summed E-state index contributed by atoms with van der Waals surface area (Å²) in [6.07, 6.45) is 1.72. The molecule has 1 aliphatic heterocycles. The lowest BCUT2D eigenvalue weighted by Crippen LogP contribution is -2.40. The molecule has 3 heterocycles. The quantitative estimate of drug-likeness (QED) is 0.271. The fraction of sp³-hybridized carbons (Fsp3) is 0.154. The molecule has 0 bridgehead atoms. The summed E-state index contributed by atoms with van der Waals surface area (Å²) in [5.41, 5.74) is 4.90. The molecule has 0 saturated carbocycles. The molecule has 1 fully saturated rings. The Balaban J connectivity index is 1.11. The van der Waals surface area contributed by atoms with Gasteiger partial charge in [-0.3, -0.25) is 4.98 Å². The van der Waals surface area contributed by atoms with Gasteiger partial charge in [-0.1, -0.05) is 23.7 Å². The van der Waals surface area contributed by atoms with Crippen LogP contribution in [0.15, 0.2) is 72.9 Å². The molecule has 1 saturated heterocycles. The Bertz CT molecular complexity index is 1460. The first-order valence-electron chi connectivity index (χ1n) is 11.1. The van der Waals surface area contributed by atoms with E-state index in [2.05, 4.69) is 31.7 Å². The molecule has 0 unspecified atom stereocenters. The molecular weight excluding hydrogens is 450 g/mol. The number of fused-ring (bicyclic) bond motifs is 2. The minimum Gasteiger partial charge on any atom is -0.457 e. The number of hydrogen-bond acceptors (Lipinski definition) is 6. The van der Waals surface area contributed by atoms with E-state index in [1.54, 1.807) is 6.20 Å². The Morgan fingerprint density at radius 1 is 1.00 bits per heavy atom. The number of imidazole rings is 1. The van der Waals surface area contributed by atoms with Gasteiger partial charge in [-0.05, 0) is 60.2 Å². The van der Waals surface area contributed by atoms with E-state index in [1.807, 2.05) is 60.7 Å². The lowest BCUT2D eigenvalue weighted by Gasteiger charge is -2.27. The zero-order chi connectivity index (χ0) is 22.9. The van der Waals surface area contributed by atoms with Gasteiger partial charge in [0.05, 0.1) is 35.8 Å². The molecule has 0 atom stereocenters. The van der Waals surface area contributed by atoms with Gasteiger partial charge in [0.25, 0.3) is 0 Å². The number of H-pyrrole nitrogens is 1. The van der Waals surface area contributed by atoms with E-state index < -0.39 is 0 Å². The molecule has 34 heavy (non-hydrogen) atoms. The van der Waals surface area contributed by atoms with Crippen LogP contribution in [-0.4, -0.2) is 34.2 Å². The molecule has 170 valence electrons. The van der Waals surface area contributed by atoms with E-state index in [-0.39, 0.29) is 0 Å². The van der Waals surface area contributed by atoms with Crippen molar-refractivity contribution in [2.24, 2.45) is 0 Å². The van der Waals surface area contributed by atoms with Crippen LogP contribution in [0.4, 0.5) is 11.6 Å². The normalized spacial score (nSPS) is 13.7. The minimum atomic E-state index is 0.390. The molecule has 7 nitrogen and oxygen atoms in total. The molecule has 6 rings (SSSR count). The third kappa shape index (κ3) is 4.35. The number of aromatic amines is 1. The predicted octanol–water partition coefficient (Wildman–Crippen LogP) is 5.98. The second-order valence-electron chi connectivity index (χ2n) is 8.27. The summed E-state index contributed by atoms with van der Waals surface area (Å²) in [6, 6.07) is 22.0. The van der Waals surface area contributed by atoms with Crippen molar-refractivity contribution in [3.63, 3.8) is 0 Å². The van der Waals surface area contributed by atoms with Gasteiger partial charge in [0, 0.05) is 28.8 Å². The van der Waals surface area contributed by atoms with Gasteiger partial charge in [-0.15, -0.1) is 0 Å². The number of nitrogens with one attached hydrogen (secondary N) is 3. The maximum absolute atomic E-state index is 6.10. The van der Waals surface area contributed by atoms with Crippen molar-refractivity contribution in [3.8, 4) is 11.5 Å². The molecule has 3 N–H and O–H groups in total. The van der Waals surface area contributed by atoms with E-state index in [9.17, 15) is 0 Å². The highest BCUT2D eigenvalue weighted by Gasteiger charge is 2.17. The Kier molecular flexibility index (Phi) is 5.41. The number of nitrogens with zero attached hydrogens (tertiary/aromatic N) is 2. The van der Waals surface area contributed by atoms with Crippen LogP contribution in [0.2, 0.25) is 5.02 Å². The highest BCUT2D eigenvalue weighted by atomic mass is 35.5. The van der Waals surface area contributed by atoms with E-state index >= 15 is 0 Å². The van der Waals surface area contributed by atoms with Crippen molar-refractivity contribution >= 4 is 45.2 Å². The van der Waals surface area contributed by atoms with E-state index in [1.165, 1.54) is 0 Å². The van der Waals surface area contributed by atoms with Crippen molar-refractivity contribution in [2.45, 2.75) is 12.6 Å². The largest absolute Gasteiger partial charge is 0.457 e. The van der Waals surface area contributed by atoms with Crippen LogP contribution in [0, 0.1) is 0 Å². The van der Waals surface area contributed by atoms with Crippen LogP contribution < -0.4 is 15.4 Å². The lowest BCUT2D eigenvalue weighted by molar-refractivity contribution is 0.0211. The Morgan fingerprint density at radius 3 is 2.71 bits per heavy atom. The number of ether oxygens (including phenoxy) is 2. The zero-order valence-electron chi connectivity index (χ0n) is 18.2. The highest BCUT2D eigenvalue weighted by molar-refractivity contribution is 6.31. The minimum absolute atomic E-state index is 0.390. The summed E-state index contributed by atoms with van der Waals surface area (Å²) in [6.45, 7) is 2.15. The summed E-state index contributed by atoms with van der Waals surface area (Å²) in [4.78, 5) is 12.3. The molecular formula is C26H22ClN5O2. The lowest BCUT2D eigenvalue weighted by atomic mass is 10.2. The number of hydrogen-bond donors (Lipinski definition) is 3. The van der Waals surface area contributed by atoms with Crippen molar-refractivity contribution < 1.29 is 9.47 Å². The van der Waals surface area contributed by atoms with Crippen LogP contribution in [0.3, 0.4) is 0 Å². The van der Waals surface area contributed by atoms with E-state index in [0.717, 1.165) is 63.8 Å². The van der Waals surface area contributed by atoms with Gasteiger partial charge in [0.2, 0.25) is 5.95 Å². The third-order valence-electron chi connectivity index (χ3n) is 5.77. The molecule has 8 heteroatoms. The first-order valence-corrected chi connectivity index (χ1v) is 11.5. The van der Waals surface area contributed by atoms with E-state index in [0.29, 0.717) is 17.6 Å². The Hall–Kier alpha value is -3.81. The average molecular weight is 472 g/mol. The topological polar surface area (TPSA) is 84.1 Å². The van der Waals surface area contributed by atoms with Gasteiger partial charge in [0.15, 0.2) is 0 Å². The van der Waals surface area contributed by atoms with Crippen LogP contribution >= 0.6 is 11.6 Å². The summed E-state index contributed by atoms with van der Waals surface area (Å²) in [5, 5.41) is 8.39. The first kappa shape index (κ1) is 20.8. The maximum Gasteiger partial charge on any atom is 0.201 e. The van der Waals surface area contributed by atoms with Crippen LogP contribution in [0.5, 0.6) is 11.5 Å². The van der Waals surface area contributed by atoms with Crippen molar-refractivity contribution in [1.29, 1.82) is 0 Å². The molecule has 0 radical (unpaired) electrons. The number of halogens is 1. The number of anilines is 2.